The van der Waals surface area contributed by atoms with Crippen LogP contribution in [-0.2, 0) is 21.2 Å². The second-order valence-electron chi connectivity index (χ2n) is 4.49. The minimum Gasteiger partial charge on any atom is -0.438 e. The number of amides is 2. The fourth-order valence-corrected chi connectivity index (χ4v) is 2.35. The van der Waals surface area contributed by atoms with Crippen molar-refractivity contribution in [2.45, 2.75) is 11.5 Å². The van der Waals surface area contributed by atoms with Crippen molar-refractivity contribution in [1.82, 2.24) is 15.6 Å². The lowest BCUT2D eigenvalue weighted by molar-refractivity contribution is -0.121. The molecule has 0 saturated heterocycles. The number of hydrogen-bond acceptors (Lipinski definition) is 5. The number of hydrazine groups is 1. The zero-order valence-corrected chi connectivity index (χ0v) is 13.0. The van der Waals surface area contributed by atoms with E-state index < -0.39 is 21.8 Å². The van der Waals surface area contributed by atoms with Gasteiger partial charge in [0.1, 0.15) is 0 Å². The highest BCUT2D eigenvalue weighted by atomic mass is 32.2. The Labute approximate surface area is 132 Å². The number of furan rings is 1. The van der Waals surface area contributed by atoms with E-state index >= 15 is 0 Å². The fraction of sp³-hybridized carbons (Fsp3) is 0.143. The van der Waals surface area contributed by atoms with E-state index in [1.807, 2.05) is 6.07 Å². The van der Waals surface area contributed by atoms with Crippen LogP contribution >= 0.6 is 0 Å². The summed E-state index contributed by atoms with van der Waals surface area (Å²) in [6.45, 7) is 0. The normalized spacial score (nSPS) is 11.0. The Balaban J connectivity index is 1.91. The highest BCUT2D eigenvalue weighted by Crippen LogP contribution is 2.13. The van der Waals surface area contributed by atoms with Crippen LogP contribution in [0.1, 0.15) is 16.1 Å². The standard InChI is InChI=1S/C14H15N3O5S/c1-15-23(20,21)13-8-7-11(22-13)14(19)17-16-12(18)9-10-5-3-2-4-6-10/h2-8,15H,9H2,1H3,(H,16,18)(H,17,19). The summed E-state index contributed by atoms with van der Waals surface area (Å²) in [7, 11) is -2.54. The molecule has 0 fully saturated rings. The van der Waals surface area contributed by atoms with E-state index in [-0.39, 0.29) is 17.3 Å². The third-order valence-corrected chi connectivity index (χ3v) is 4.15. The molecule has 2 amide bonds. The number of carbonyl (C=O) groups excluding carboxylic acids is 2. The van der Waals surface area contributed by atoms with E-state index in [4.69, 9.17) is 4.42 Å². The maximum absolute atomic E-state index is 11.8. The predicted octanol–water partition coefficient (Wildman–Crippen LogP) is 0.191. The number of hydrogen-bond donors (Lipinski definition) is 3. The van der Waals surface area contributed by atoms with Gasteiger partial charge in [0, 0.05) is 0 Å². The maximum atomic E-state index is 11.8. The zero-order chi connectivity index (χ0) is 16.9. The van der Waals surface area contributed by atoms with Crippen LogP contribution in [0, 0.1) is 0 Å². The monoisotopic (exact) mass is 337 g/mol. The van der Waals surface area contributed by atoms with Crippen molar-refractivity contribution in [3.05, 3.63) is 53.8 Å². The second-order valence-corrected chi connectivity index (χ2v) is 6.31. The SMILES string of the molecule is CNS(=O)(=O)c1ccc(C(=O)NNC(=O)Cc2ccccc2)o1. The molecule has 9 heteroatoms. The fourth-order valence-electron chi connectivity index (χ4n) is 1.70. The van der Waals surface area contributed by atoms with Gasteiger partial charge >= 0.3 is 5.91 Å². The van der Waals surface area contributed by atoms with E-state index in [0.717, 1.165) is 11.6 Å². The quantitative estimate of drug-likeness (QED) is 0.673. The first kappa shape index (κ1) is 16.7. The largest absolute Gasteiger partial charge is 0.438 e. The lowest BCUT2D eigenvalue weighted by Gasteiger charge is -2.06. The molecule has 1 heterocycles. The number of sulfonamides is 1. The summed E-state index contributed by atoms with van der Waals surface area (Å²) >= 11 is 0. The van der Waals surface area contributed by atoms with E-state index in [2.05, 4.69) is 15.6 Å². The van der Waals surface area contributed by atoms with Crippen LogP contribution < -0.4 is 15.6 Å². The molecule has 0 atom stereocenters. The predicted molar refractivity (Wildman–Crippen MR) is 80.7 cm³/mol. The number of benzene rings is 1. The maximum Gasteiger partial charge on any atom is 0.305 e. The Morgan fingerprint density at radius 1 is 1.04 bits per heavy atom. The number of carbonyl (C=O) groups is 2. The van der Waals surface area contributed by atoms with Gasteiger partial charge < -0.3 is 4.42 Å². The van der Waals surface area contributed by atoms with Crippen LogP contribution in [0.3, 0.4) is 0 Å². The van der Waals surface area contributed by atoms with Gasteiger partial charge in [-0.3, -0.25) is 20.4 Å². The van der Waals surface area contributed by atoms with Gasteiger partial charge in [-0.15, -0.1) is 0 Å². The first-order chi connectivity index (χ1) is 10.9. The van der Waals surface area contributed by atoms with E-state index in [0.29, 0.717) is 0 Å². The Kier molecular flexibility index (Phi) is 5.14. The van der Waals surface area contributed by atoms with Gasteiger partial charge in [0.2, 0.25) is 11.0 Å². The average molecular weight is 337 g/mol. The van der Waals surface area contributed by atoms with Gasteiger partial charge in [0.25, 0.3) is 10.0 Å². The van der Waals surface area contributed by atoms with Gasteiger partial charge in [-0.25, -0.2) is 13.1 Å². The Morgan fingerprint density at radius 3 is 2.39 bits per heavy atom. The van der Waals surface area contributed by atoms with Crippen molar-refractivity contribution in [2.75, 3.05) is 7.05 Å². The van der Waals surface area contributed by atoms with Crippen molar-refractivity contribution in [3.63, 3.8) is 0 Å². The van der Waals surface area contributed by atoms with Gasteiger partial charge in [-0.2, -0.15) is 0 Å². The van der Waals surface area contributed by atoms with E-state index in [1.165, 1.54) is 13.1 Å². The van der Waals surface area contributed by atoms with Crippen molar-refractivity contribution in [1.29, 1.82) is 0 Å². The van der Waals surface area contributed by atoms with Gasteiger partial charge in [-0.1, -0.05) is 30.3 Å². The number of nitrogens with one attached hydrogen (secondary N) is 3. The Hall–Kier alpha value is -2.65. The molecule has 0 unspecified atom stereocenters. The molecule has 0 saturated carbocycles. The lowest BCUT2D eigenvalue weighted by Crippen LogP contribution is -2.42. The molecule has 8 nitrogen and oxygen atoms in total. The average Bonchev–Trinajstić information content (AvgIpc) is 3.04. The topological polar surface area (TPSA) is 118 Å². The van der Waals surface area contributed by atoms with Gasteiger partial charge in [0.15, 0.2) is 5.76 Å². The molecule has 0 bridgehead atoms. The highest BCUT2D eigenvalue weighted by molar-refractivity contribution is 7.89. The first-order valence-corrected chi connectivity index (χ1v) is 8.07. The third-order valence-electron chi connectivity index (χ3n) is 2.86. The van der Waals surface area contributed by atoms with Crippen LogP contribution in [0.5, 0.6) is 0 Å². The van der Waals surface area contributed by atoms with Crippen molar-refractivity contribution in [2.24, 2.45) is 0 Å². The minimum absolute atomic E-state index is 0.0959. The van der Waals surface area contributed by atoms with E-state index in [9.17, 15) is 18.0 Å². The molecular formula is C14H15N3O5S. The van der Waals surface area contributed by atoms with E-state index in [1.54, 1.807) is 24.3 Å². The summed E-state index contributed by atoms with van der Waals surface area (Å²) in [5, 5.41) is -0.388. The molecule has 2 rings (SSSR count). The van der Waals surface area contributed by atoms with Crippen LogP contribution in [0.15, 0.2) is 52.0 Å². The van der Waals surface area contributed by atoms with Crippen LogP contribution in [0.25, 0.3) is 0 Å². The van der Waals surface area contributed by atoms with Crippen LogP contribution in [-0.4, -0.2) is 27.3 Å². The summed E-state index contributed by atoms with van der Waals surface area (Å²) in [5.41, 5.74) is 5.17. The highest BCUT2D eigenvalue weighted by Gasteiger charge is 2.19. The minimum atomic E-state index is -3.77. The summed E-state index contributed by atoms with van der Waals surface area (Å²) < 4.78 is 30.0. The lowest BCUT2D eigenvalue weighted by atomic mass is 10.1. The van der Waals surface area contributed by atoms with Crippen molar-refractivity contribution in [3.8, 4) is 0 Å². The zero-order valence-electron chi connectivity index (χ0n) is 12.2. The smallest absolute Gasteiger partial charge is 0.305 e. The van der Waals surface area contributed by atoms with Gasteiger partial charge in [-0.05, 0) is 24.7 Å². The molecule has 2 aromatic rings. The summed E-state index contributed by atoms with van der Waals surface area (Å²) in [6.07, 6.45) is 0.0959. The molecule has 0 aliphatic heterocycles. The summed E-state index contributed by atoms with van der Waals surface area (Å²) in [4.78, 5) is 23.5. The molecule has 1 aromatic heterocycles. The molecule has 0 aliphatic carbocycles. The third kappa shape index (κ3) is 4.41. The molecule has 0 spiro atoms. The summed E-state index contributed by atoms with van der Waals surface area (Å²) in [6, 6.07) is 11.3. The molecular weight excluding hydrogens is 322 g/mol. The summed E-state index contributed by atoms with van der Waals surface area (Å²) in [5.74, 6) is -1.41. The molecule has 0 radical (unpaired) electrons. The second kappa shape index (κ2) is 7.07. The first-order valence-electron chi connectivity index (χ1n) is 6.59. The van der Waals surface area contributed by atoms with Crippen LogP contribution in [0.4, 0.5) is 0 Å². The molecule has 3 N–H and O–H groups in total. The molecule has 0 aliphatic rings. The molecule has 122 valence electrons. The van der Waals surface area contributed by atoms with Crippen LogP contribution in [0.2, 0.25) is 0 Å². The molecule has 1 aromatic carbocycles. The Morgan fingerprint density at radius 2 is 1.74 bits per heavy atom. The Bertz CT molecular complexity index is 799. The number of rotatable bonds is 5. The molecule has 23 heavy (non-hydrogen) atoms. The van der Waals surface area contributed by atoms with Crippen molar-refractivity contribution >= 4 is 21.8 Å². The van der Waals surface area contributed by atoms with Crippen molar-refractivity contribution < 1.29 is 22.4 Å². The van der Waals surface area contributed by atoms with Gasteiger partial charge in [0.05, 0.1) is 6.42 Å².